The molecule has 1 aliphatic heterocycles. The molecule has 5 nitrogen and oxygen atoms in total. The van der Waals surface area contributed by atoms with Gasteiger partial charge in [0.1, 0.15) is 5.01 Å². The lowest BCUT2D eigenvalue weighted by Gasteiger charge is -2.21. The molecule has 1 fully saturated rings. The summed E-state index contributed by atoms with van der Waals surface area (Å²) in [6.07, 6.45) is 3.24. The summed E-state index contributed by atoms with van der Waals surface area (Å²) in [6, 6.07) is -0.0773. The van der Waals surface area contributed by atoms with Gasteiger partial charge in [-0.3, -0.25) is 15.0 Å². The Bertz CT molecular complexity index is 387. The van der Waals surface area contributed by atoms with E-state index in [0.29, 0.717) is 5.13 Å². The number of anilines is 1. The number of aryl methyl sites for hydroxylation is 1. The number of hydrogen-bond donors (Lipinski definition) is 1. The molecule has 1 saturated heterocycles. The third kappa shape index (κ3) is 3.01. The van der Waals surface area contributed by atoms with Crippen molar-refractivity contribution < 1.29 is 4.79 Å². The first kappa shape index (κ1) is 12.4. The fourth-order valence-corrected chi connectivity index (χ4v) is 2.63. The molecule has 6 heteroatoms. The van der Waals surface area contributed by atoms with Crippen LogP contribution in [0.5, 0.6) is 0 Å². The topological polar surface area (TPSA) is 58.1 Å². The number of carbonyl (C=O) groups is 1. The zero-order valence-electron chi connectivity index (χ0n) is 10.3. The Labute approximate surface area is 105 Å². The van der Waals surface area contributed by atoms with Crippen molar-refractivity contribution in [3.8, 4) is 0 Å². The normalized spacial score (nSPS) is 18.2. The summed E-state index contributed by atoms with van der Waals surface area (Å²) in [4.78, 5) is 14.2. The Balaban J connectivity index is 1.91. The second-order valence-electron chi connectivity index (χ2n) is 4.26. The lowest BCUT2D eigenvalue weighted by Crippen LogP contribution is -2.40. The lowest BCUT2D eigenvalue weighted by molar-refractivity contribution is -0.120. The number of hydrogen-bond acceptors (Lipinski definition) is 5. The summed E-state index contributed by atoms with van der Waals surface area (Å²) >= 11 is 1.45. The second-order valence-corrected chi connectivity index (χ2v) is 5.32. The van der Waals surface area contributed by atoms with Gasteiger partial charge in [0.25, 0.3) is 0 Å². The minimum absolute atomic E-state index is 0.0192. The first-order valence-electron chi connectivity index (χ1n) is 6.08. The highest BCUT2D eigenvalue weighted by Gasteiger charge is 2.24. The Hall–Kier alpha value is -1.01. The Morgan fingerprint density at radius 2 is 2.18 bits per heavy atom. The second kappa shape index (κ2) is 5.55. The predicted octanol–water partition coefficient (Wildman–Crippen LogP) is 1.52. The first-order chi connectivity index (χ1) is 8.20. The van der Waals surface area contributed by atoms with Gasteiger partial charge in [-0.1, -0.05) is 18.3 Å². The molecule has 1 unspecified atom stereocenters. The molecule has 1 N–H and O–H groups in total. The van der Waals surface area contributed by atoms with Gasteiger partial charge in [-0.2, -0.15) is 0 Å². The summed E-state index contributed by atoms with van der Waals surface area (Å²) in [5.41, 5.74) is 0. The fourth-order valence-electron chi connectivity index (χ4n) is 1.95. The number of nitrogens with one attached hydrogen (secondary N) is 1. The molecule has 1 aliphatic rings. The van der Waals surface area contributed by atoms with Gasteiger partial charge in [0.15, 0.2) is 0 Å². The third-order valence-corrected chi connectivity index (χ3v) is 4.05. The largest absolute Gasteiger partial charge is 0.299 e. The molecule has 1 aromatic heterocycles. The zero-order chi connectivity index (χ0) is 12.3. The molecule has 2 rings (SSSR count). The molecule has 0 aromatic carbocycles. The van der Waals surface area contributed by atoms with Gasteiger partial charge in [-0.25, -0.2) is 0 Å². The molecular formula is C11H18N4OS. The fraction of sp³-hybridized carbons (Fsp3) is 0.727. The van der Waals surface area contributed by atoms with Crippen LogP contribution in [0.15, 0.2) is 0 Å². The molecular weight excluding hydrogens is 236 g/mol. The number of aromatic nitrogens is 2. The standard InChI is InChI=1S/C11H18N4OS/c1-3-9-13-14-11(17-9)12-10(16)8(2)15-6-4-5-7-15/h8H,3-7H2,1-2H3,(H,12,14,16). The lowest BCUT2D eigenvalue weighted by atomic mass is 10.3. The van der Waals surface area contributed by atoms with Gasteiger partial charge < -0.3 is 0 Å². The van der Waals surface area contributed by atoms with E-state index < -0.39 is 0 Å². The van der Waals surface area contributed by atoms with Crippen LogP contribution in [0.1, 0.15) is 31.7 Å². The van der Waals surface area contributed by atoms with Crippen molar-refractivity contribution in [2.24, 2.45) is 0 Å². The van der Waals surface area contributed by atoms with E-state index >= 15 is 0 Å². The minimum Gasteiger partial charge on any atom is -0.299 e. The number of rotatable bonds is 4. The van der Waals surface area contributed by atoms with Gasteiger partial charge in [-0.05, 0) is 39.3 Å². The van der Waals surface area contributed by atoms with Crippen LogP contribution in [0.3, 0.4) is 0 Å². The van der Waals surface area contributed by atoms with Crippen LogP contribution < -0.4 is 5.32 Å². The Morgan fingerprint density at radius 3 is 2.76 bits per heavy atom. The average molecular weight is 254 g/mol. The van der Waals surface area contributed by atoms with Gasteiger partial charge in [0, 0.05) is 0 Å². The number of carbonyl (C=O) groups excluding carboxylic acids is 1. The van der Waals surface area contributed by atoms with E-state index in [9.17, 15) is 4.79 Å². The molecule has 0 spiro atoms. The summed E-state index contributed by atoms with van der Waals surface area (Å²) in [5.74, 6) is 0.0192. The van der Waals surface area contributed by atoms with E-state index in [1.165, 1.54) is 24.2 Å². The molecule has 0 bridgehead atoms. The number of amides is 1. The van der Waals surface area contributed by atoms with Crippen LogP contribution in [0.4, 0.5) is 5.13 Å². The van der Waals surface area contributed by atoms with Gasteiger partial charge >= 0.3 is 0 Å². The monoisotopic (exact) mass is 254 g/mol. The van der Waals surface area contributed by atoms with Crippen LogP contribution in [0.2, 0.25) is 0 Å². The number of likely N-dealkylation sites (tertiary alicyclic amines) is 1. The third-order valence-electron chi connectivity index (χ3n) is 3.07. The quantitative estimate of drug-likeness (QED) is 0.885. The molecule has 0 radical (unpaired) electrons. The van der Waals surface area contributed by atoms with Crippen molar-refractivity contribution >= 4 is 22.4 Å². The SMILES string of the molecule is CCc1nnc(NC(=O)C(C)N2CCCC2)s1. The molecule has 17 heavy (non-hydrogen) atoms. The van der Waals surface area contributed by atoms with Crippen LogP contribution in [-0.2, 0) is 11.2 Å². The average Bonchev–Trinajstić information content (AvgIpc) is 2.98. The van der Waals surface area contributed by atoms with Crippen LogP contribution in [0.25, 0.3) is 0 Å². The maximum Gasteiger partial charge on any atom is 0.243 e. The molecule has 1 aromatic rings. The first-order valence-corrected chi connectivity index (χ1v) is 6.89. The van der Waals surface area contributed by atoms with Crippen molar-refractivity contribution in [1.29, 1.82) is 0 Å². The molecule has 0 aliphatic carbocycles. The molecule has 1 atom stereocenters. The van der Waals surface area contributed by atoms with Crippen molar-refractivity contribution in [2.75, 3.05) is 18.4 Å². The summed E-state index contributed by atoms with van der Waals surface area (Å²) in [7, 11) is 0. The highest BCUT2D eigenvalue weighted by atomic mass is 32.1. The highest BCUT2D eigenvalue weighted by Crippen LogP contribution is 2.17. The maximum atomic E-state index is 12.0. The zero-order valence-corrected chi connectivity index (χ0v) is 11.1. The smallest absolute Gasteiger partial charge is 0.243 e. The predicted molar refractivity (Wildman–Crippen MR) is 68.2 cm³/mol. The summed E-state index contributed by atoms with van der Waals surface area (Å²) in [6.45, 7) is 6.01. The minimum atomic E-state index is -0.0773. The summed E-state index contributed by atoms with van der Waals surface area (Å²) < 4.78 is 0. The van der Waals surface area contributed by atoms with E-state index in [-0.39, 0.29) is 11.9 Å². The summed E-state index contributed by atoms with van der Waals surface area (Å²) in [5, 5.41) is 12.3. The Kier molecular flexibility index (Phi) is 4.06. The van der Waals surface area contributed by atoms with Crippen molar-refractivity contribution in [3.63, 3.8) is 0 Å². The van der Waals surface area contributed by atoms with Gasteiger partial charge in [0.05, 0.1) is 6.04 Å². The molecule has 2 heterocycles. The van der Waals surface area contributed by atoms with E-state index in [2.05, 4.69) is 20.4 Å². The molecule has 1 amide bonds. The van der Waals surface area contributed by atoms with Crippen molar-refractivity contribution in [2.45, 2.75) is 39.2 Å². The Morgan fingerprint density at radius 1 is 1.47 bits per heavy atom. The maximum absolute atomic E-state index is 12.0. The molecule has 0 saturated carbocycles. The van der Waals surface area contributed by atoms with Crippen LogP contribution in [-0.4, -0.2) is 40.1 Å². The van der Waals surface area contributed by atoms with E-state index in [4.69, 9.17) is 0 Å². The highest BCUT2D eigenvalue weighted by molar-refractivity contribution is 7.15. The van der Waals surface area contributed by atoms with Gasteiger partial charge in [0.2, 0.25) is 11.0 Å². The molecule has 94 valence electrons. The van der Waals surface area contributed by atoms with E-state index in [0.717, 1.165) is 24.5 Å². The van der Waals surface area contributed by atoms with Crippen molar-refractivity contribution in [3.05, 3.63) is 5.01 Å². The van der Waals surface area contributed by atoms with E-state index in [1.54, 1.807) is 0 Å². The van der Waals surface area contributed by atoms with E-state index in [1.807, 2.05) is 13.8 Å². The van der Waals surface area contributed by atoms with Crippen LogP contribution >= 0.6 is 11.3 Å². The van der Waals surface area contributed by atoms with Crippen LogP contribution in [0, 0.1) is 0 Å². The van der Waals surface area contributed by atoms with Gasteiger partial charge in [-0.15, -0.1) is 10.2 Å². The van der Waals surface area contributed by atoms with Crippen molar-refractivity contribution in [1.82, 2.24) is 15.1 Å². The number of nitrogens with zero attached hydrogens (tertiary/aromatic N) is 3.